The quantitative estimate of drug-likeness (QED) is 0.708. The summed E-state index contributed by atoms with van der Waals surface area (Å²) < 4.78 is 1.83. The van der Waals surface area contributed by atoms with Crippen LogP contribution in [0.3, 0.4) is 0 Å². The fourth-order valence-electron chi connectivity index (χ4n) is 2.88. The molecule has 2 nitrogen and oxygen atoms in total. The molecule has 1 aromatic rings. The third-order valence-electron chi connectivity index (χ3n) is 4.05. The summed E-state index contributed by atoms with van der Waals surface area (Å²) in [5.41, 5.74) is 0.739. The summed E-state index contributed by atoms with van der Waals surface area (Å²) in [4.78, 5) is 14.5. The van der Waals surface area contributed by atoms with Crippen LogP contribution in [-0.2, 0) is 0 Å². The number of carbonyl (C=O) groups excluding carboxylic acids is 1. The van der Waals surface area contributed by atoms with Crippen LogP contribution in [0, 0.1) is 5.92 Å². The van der Waals surface area contributed by atoms with E-state index < -0.39 is 0 Å². The molecule has 1 aromatic carbocycles. The smallest absolute Gasteiger partial charge is 0.254 e. The van der Waals surface area contributed by atoms with Crippen LogP contribution >= 0.6 is 31.9 Å². The van der Waals surface area contributed by atoms with Crippen LogP contribution in [0.25, 0.3) is 0 Å². The van der Waals surface area contributed by atoms with Crippen molar-refractivity contribution in [3.8, 4) is 0 Å². The Bertz CT molecular complexity index is 475. The van der Waals surface area contributed by atoms with E-state index in [1.54, 1.807) is 0 Å². The number of halogens is 2. The Morgan fingerprint density at radius 1 is 1.26 bits per heavy atom. The molecule has 1 aliphatic rings. The van der Waals surface area contributed by atoms with Gasteiger partial charge in [-0.05, 0) is 52.9 Å². The number of hydrogen-bond acceptors (Lipinski definition) is 1. The van der Waals surface area contributed by atoms with Gasteiger partial charge in [-0.3, -0.25) is 4.79 Å². The van der Waals surface area contributed by atoms with Crippen molar-refractivity contribution in [1.82, 2.24) is 4.90 Å². The van der Waals surface area contributed by atoms with Crippen molar-refractivity contribution in [1.29, 1.82) is 0 Å². The van der Waals surface area contributed by atoms with Gasteiger partial charge in [0.05, 0.1) is 5.56 Å². The van der Waals surface area contributed by atoms with E-state index in [-0.39, 0.29) is 5.91 Å². The number of amides is 1. The fraction of sp³-hybridized carbons (Fsp3) is 0.533. The van der Waals surface area contributed by atoms with E-state index in [4.69, 9.17) is 0 Å². The van der Waals surface area contributed by atoms with Gasteiger partial charge in [0.2, 0.25) is 0 Å². The highest BCUT2D eigenvalue weighted by atomic mass is 79.9. The van der Waals surface area contributed by atoms with Crippen LogP contribution in [0.5, 0.6) is 0 Å². The second kappa shape index (κ2) is 6.40. The zero-order chi connectivity index (χ0) is 14.0. The molecule has 0 N–H and O–H groups in total. The lowest BCUT2D eigenvalue weighted by Gasteiger charge is -2.36. The summed E-state index contributed by atoms with van der Waals surface area (Å²) in [6.07, 6.45) is 4.87. The lowest BCUT2D eigenvalue weighted by molar-refractivity contribution is 0.0628. The highest BCUT2D eigenvalue weighted by Crippen LogP contribution is 2.30. The van der Waals surface area contributed by atoms with Crippen molar-refractivity contribution in [2.75, 3.05) is 7.05 Å². The van der Waals surface area contributed by atoms with Crippen molar-refractivity contribution in [3.63, 3.8) is 0 Å². The molecular formula is C15H19Br2NO. The molecule has 0 radical (unpaired) electrons. The zero-order valence-electron chi connectivity index (χ0n) is 11.3. The molecule has 0 aliphatic heterocycles. The summed E-state index contributed by atoms with van der Waals surface area (Å²) in [5.74, 6) is 0.704. The lowest BCUT2D eigenvalue weighted by Crippen LogP contribution is -2.42. The summed E-state index contributed by atoms with van der Waals surface area (Å²) in [6, 6.07) is 6.08. The van der Waals surface area contributed by atoms with Crippen LogP contribution < -0.4 is 0 Å². The second-order valence-corrected chi connectivity index (χ2v) is 7.14. The highest BCUT2D eigenvalue weighted by molar-refractivity contribution is 9.11. The first-order valence-corrected chi connectivity index (χ1v) is 8.31. The zero-order valence-corrected chi connectivity index (χ0v) is 14.5. The van der Waals surface area contributed by atoms with E-state index in [0.29, 0.717) is 12.0 Å². The molecule has 2 atom stereocenters. The monoisotopic (exact) mass is 387 g/mol. The van der Waals surface area contributed by atoms with Crippen molar-refractivity contribution in [2.45, 2.75) is 38.6 Å². The Hall–Kier alpha value is -0.350. The number of benzene rings is 1. The average molecular weight is 389 g/mol. The van der Waals surface area contributed by atoms with Crippen molar-refractivity contribution < 1.29 is 4.79 Å². The normalized spacial score (nSPS) is 23.2. The summed E-state index contributed by atoms with van der Waals surface area (Å²) in [5, 5.41) is 0. The lowest BCUT2D eigenvalue weighted by atomic mass is 9.85. The van der Waals surface area contributed by atoms with E-state index in [2.05, 4.69) is 38.8 Å². The maximum absolute atomic E-state index is 12.6. The van der Waals surface area contributed by atoms with Gasteiger partial charge < -0.3 is 4.90 Å². The van der Waals surface area contributed by atoms with Gasteiger partial charge in [-0.1, -0.05) is 35.7 Å². The molecule has 19 heavy (non-hydrogen) atoms. The molecule has 2 unspecified atom stereocenters. The van der Waals surface area contributed by atoms with Gasteiger partial charge in [0, 0.05) is 22.0 Å². The third-order valence-corrected chi connectivity index (χ3v) is 5.19. The van der Waals surface area contributed by atoms with Crippen LogP contribution in [0.1, 0.15) is 43.0 Å². The van der Waals surface area contributed by atoms with Crippen molar-refractivity contribution >= 4 is 37.8 Å². The largest absolute Gasteiger partial charge is 0.338 e. The van der Waals surface area contributed by atoms with Crippen molar-refractivity contribution in [2.24, 2.45) is 5.92 Å². The Morgan fingerprint density at radius 3 is 2.58 bits per heavy atom. The number of carbonyl (C=O) groups is 1. The number of nitrogens with zero attached hydrogens (tertiary/aromatic N) is 1. The standard InChI is InChI=1S/C15H19Br2NO/c1-10-5-3-4-6-14(10)18(2)15(19)12-8-7-11(16)9-13(12)17/h7-10,14H,3-6H2,1-2H3. The molecule has 0 bridgehead atoms. The highest BCUT2D eigenvalue weighted by Gasteiger charge is 2.29. The number of hydrogen-bond donors (Lipinski definition) is 0. The average Bonchev–Trinajstić information content (AvgIpc) is 2.38. The topological polar surface area (TPSA) is 20.3 Å². The fourth-order valence-corrected chi connectivity index (χ4v) is 4.09. The summed E-state index contributed by atoms with van der Waals surface area (Å²) >= 11 is 6.89. The third kappa shape index (κ3) is 3.40. The van der Waals surface area contributed by atoms with Crippen molar-refractivity contribution in [3.05, 3.63) is 32.7 Å². The van der Waals surface area contributed by atoms with Gasteiger partial charge in [-0.2, -0.15) is 0 Å². The van der Waals surface area contributed by atoms with Gasteiger partial charge in [-0.15, -0.1) is 0 Å². The van der Waals surface area contributed by atoms with E-state index in [0.717, 1.165) is 20.9 Å². The molecule has 0 spiro atoms. The van der Waals surface area contributed by atoms with Crippen LogP contribution in [0.2, 0.25) is 0 Å². The molecule has 1 saturated carbocycles. The molecule has 1 aliphatic carbocycles. The van der Waals surface area contributed by atoms with E-state index in [1.807, 2.05) is 30.1 Å². The minimum absolute atomic E-state index is 0.109. The Balaban J connectivity index is 2.18. The van der Waals surface area contributed by atoms with Gasteiger partial charge in [0.25, 0.3) is 5.91 Å². The molecule has 0 heterocycles. The van der Waals surface area contributed by atoms with Gasteiger partial charge in [-0.25, -0.2) is 0 Å². The maximum atomic E-state index is 12.6. The van der Waals surface area contributed by atoms with Crippen LogP contribution in [-0.4, -0.2) is 23.9 Å². The molecule has 1 amide bonds. The second-order valence-electron chi connectivity index (χ2n) is 5.37. The molecule has 0 saturated heterocycles. The van der Waals surface area contributed by atoms with E-state index in [9.17, 15) is 4.79 Å². The minimum Gasteiger partial charge on any atom is -0.338 e. The Labute approximate surface area is 131 Å². The van der Waals surface area contributed by atoms with Crippen LogP contribution in [0.4, 0.5) is 0 Å². The molecule has 4 heteroatoms. The predicted molar refractivity (Wildman–Crippen MR) is 85.4 cm³/mol. The SMILES string of the molecule is CC1CCCCC1N(C)C(=O)c1ccc(Br)cc1Br. The van der Waals surface area contributed by atoms with Gasteiger partial charge in [0.15, 0.2) is 0 Å². The van der Waals surface area contributed by atoms with Crippen LogP contribution in [0.15, 0.2) is 27.1 Å². The molecule has 104 valence electrons. The van der Waals surface area contributed by atoms with E-state index in [1.165, 1.54) is 19.3 Å². The number of rotatable bonds is 2. The van der Waals surface area contributed by atoms with E-state index >= 15 is 0 Å². The predicted octanol–water partition coefficient (Wildman–Crippen LogP) is 4.86. The first-order valence-electron chi connectivity index (χ1n) is 6.73. The first kappa shape index (κ1) is 15.0. The Morgan fingerprint density at radius 2 is 1.95 bits per heavy atom. The minimum atomic E-state index is 0.109. The van der Waals surface area contributed by atoms with Gasteiger partial charge in [0.1, 0.15) is 0 Å². The molecule has 1 fully saturated rings. The summed E-state index contributed by atoms with van der Waals surface area (Å²) in [6.45, 7) is 2.25. The van der Waals surface area contributed by atoms with Gasteiger partial charge >= 0.3 is 0 Å². The summed E-state index contributed by atoms with van der Waals surface area (Å²) in [7, 11) is 1.93. The maximum Gasteiger partial charge on any atom is 0.254 e. The molecule has 0 aromatic heterocycles. The first-order chi connectivity index (χ1) is 9.00. The Kier molecular flexibility index (Phi) is 5.07. The molecular weight excluding hydrogens is 370 g/mol. The molecule has 2 rings (SSSR count).